The van der Waals surface area contributed by atoms with Gasteiger partial charge in [0.25, 0.3) is 0 Å². The summed E-state index contributed by atoms with van der Waals surface area (Å²) in [6, 6.07) is 8.59. The summed E-state index contributed by atoms with van der Waals surface area (Å²) < 4.78 is 39.8. The second kappa shape index (κ2) is 5.29. The van der Waals surface area contributed by atoms with Gasteiger partial charge in [0.2, 0.25) is 0 Å². The zero-order valence-electron chi connectivity index (χ0n) is 11.3. The molecule has 0 radical (unpaired) electrons. The van der Waals surface area contributed by atoms with Crippen molar-refractivity contribution in [1.29, 1.82) is 0 Å². The predicted molar refractivity (Wildman–Crippen MR) is 72.7 cm³/mol. The average molecular weight is 279 g/mol. The van der Waals surface area contributed by atoms with Crippen LogP contribution in [0.5, 0.6) is 0 Å². The third kappa shape index (κ3) is 2.70. The SMILES string of the molecule is CC(C)(c1ccc(F)cc1)C(N)c1ccc(F)cc1F. The molecule has 0 saturated heterocycles. The topological polar surface area (TPSA) is 26.0 Å². The molecule has 0 spiro atoms. The van der Waals surface area contributed by atoms with Crippen molar-refractivity contribution in [2.75, 3.05) is 0 Å². The van der Waals surface area contributed by atoms with E-state index >= 15 is 0 Å². The first-order valence-corrected chi connectivity index (χ1v) is 6.29. The van der Waals surface area contributed by atoms with Crippen molar-refractivity contribution < 1.29 is 13.2 Å². The number of benzene rings is 2. The second-order valence-corrected chi connectivity index (χ2v) is 5.37. The van der Waals surface area contributed by atoms with Gasteiger partial charge in [0.05, 0.1) is 0 Å². The molecule has 1 nitrogen and oxygen atoms in total. The van der Waals surface area contributed by atoms with E-state index in [-0.39, 0.29) is 11.4 Å². The minimum atomic E-state index is -0.673. The van der Waals surface area contributed by atoms with E-state index in [4.69, 9.17) is 5.73 Å². The summed E-state index contributed by atoms with van der Waals surface area (Å²) in [5.74, 6) is -1.66. The van der Waals surface area contributed by atoms with Gasteiger partial charge in [0.1, 0.15) is 17.5 Å². The minimum absolute atomic E-state index is 0.237. The lowest BCUT2D eigenvalue weighted by Gasteiger charge is -2.32. The minimum Gasteiger partial charge on any atom is -0.323 e. The van der Waals surface area contributed by atoms with Crippen LogP contribution in [0.1, 0.15) is 31.0 Å². The number of nitrogens with two attached hydrogens (primary N) is 1. The molecule has 2 N–H and O–H groups in total. The van der Waals surface area contributed by atoms with Crippen molar-refractivity contribution in [2.24, 2.45) is 5.73 Å². The maximum absolute atomic E-state index is 13.8. The maximum atomic E-state index is 13.8. The molecule has 0 bridgehead atoms. The molecule has 2 aromatic rings. The highest BCUT2D eigenvalue weighted by atomic mass is 19.1. The molecule has 2 rings (SSSR count). The van der Waals surface area contributed by atoms with Crippen LogP contribution in [0.25, 0.3) is 0 Å². The Balaban J connectivity index is 2.39. The van der Waals surface area contributed by atoms with Crippen molar-refractivity contribution in [2.45, 2.75) is 25.3 Å². The van der Waals surface area contributed by atoms with E-state index in [1.807, 2.05) is 13.8 Å². The normalized spacial score (nSPS) is 13.3. The second-order valence-electron chi connectivity index (χ2n) is 5.37. The molecule has 0 amide bonds. The van der Waals surface area contributed by atoms with Crippen molar-refractivity contribution in [3.8, 4) is 0 Å². The van der Waals surface area contributed by atoms with E-state index in [0.717, 1.165) is 11.6 Å². The van der Waals surface area contributed by atoms with Crippen molar-refractivity contribution in [1.82, 2.24) is 0 Å². The summed E-state index contributed by atoms with van der Waals surface area (Å²) in [4.78, 5) is 0. The first-order chi connectivity index (χ1) is 9.32. The zero-order chi connectivity index (χ0) is 14.9. The van der Waals surface area contributed by atoms with Gasteiger partial charge in [0.15, 0.2) is 0 Å². The molecule has 1 atom stereocenters. The van der Waals surface area contributed by atoms with E-state index in [0.29, 0.717) is 0 Å². The van der Waals surface area contributed by atoms with Gasteiger partial charge in [-0.05, 0) is 23.8 Å². The lowest BCUT2D eigenvalue weighted by molar-refractivity contribution is 0.404. The smallest absolute Gasteiger partial charge is 0.130 e. The molecule has 0 aliphatic carbocycles. The quantitative estimate of drug-likeness (QED) is 0.900. The Labute approximate surface area is 116 Å². The van der Waals surface area contributed by atoms with Crippen LogP contribution in [0.4, 0.5) is 13.2 Å². The van der Waals surface area contributed by atoms with E-state index in [1.165, 1.54) is 24.3 Å². The van der Waals surface area contributed by atoms with E-state index in [1.54, 1.807) is 12.1 Å². The Hall–Kier alpha value is -1.81. The van der Waals surface area contributed by atoms with Gasteiger partial charge < -0.3 is 5.73 Å². The van der Waals surface area contributed by atoms with Crippen molar-refractivity contribution in [3.63, 3.8) is 0 Å². The predicted octanol–water partition coefficient (Wildman–Crippen LogP) is 4.08. The highest BCUT2D eigenvalue weighted by Crippen LogP contribution is 2.36. The lowest BCUT2D eigenvalue weighted by Crippen LogP contribution is -2.33. The van der Waals surface area contributed by atoms with Gasteiger partial charge in [-0.1, -0.05) is 32.0 Å². The Kier molecular flexibility index (Phi) is 3.86. The Morgan fingerprint density at radius 3 is 2.00 bits per heavy atom. The summed E-state index contributed by atoms with van der Waals surface area (Å²) in [6.45, 7) is 3.68. The summed E-state index contributed by atoms with van der Waals surface area (Å²) in [7, 11) is 0. The first-order valence-electron chi connectivity index (χ1n) is 6.29. The van der Waals surface area contributed by atoms with Crippen LogP contribution in [0.2, 0.25) is 0 Å². The average Bonchev–Trinajstić information content (AvgIpc) is 2.38. The zero-order valence-corrected chi connectivity index (χ0v) is 11.3. The van der Waals surface area contributed by atoms with E-state index in [2.05, 4.69) is 0 Å². The molecule has 0 aromatic heterocycles. The maximum Gasteiger partial charge on any atom is 0.130 e. The van der Waals surface area contributed by atoms with Crippen molar-refractivity contribution >= 4 is 0 Å². The highest BCUT2D eigenvalue weighted by Gasteiger charge is 2.31. The summed E-state index contributed by atoms with van der Waals surface area (Å²) in [5, 5.41) is 0. The summed E-state index contributed by atoms with van der Waals surface area (Å²) in [6.07, 6.45) is 0. The fourth-order valence-electron chi connectivity index (χ4n) is 2.20. The fraction of sp³-hybridized carbons (Fsp3) is 0.250. The van der Waals surface area contributed by atoms with E-state index < -0.39 is 23.1 Å². The Bertz CT molecular complexity index is 606. The van der Waals surface area contributed by atoms with E-state index in [9.17, 15) is 13.2 Å². The van der Waals surface area contributed by atoms with Crippen LogP contribution in [0.15, 0.2) is 42.5 Å². The molecule has 0 heterocycles. The van der Waals surface area contributed by atoms with Gasteiger partial charge in [-0.2, -0.15) is 0 Å². The molecule has 4 heteroatoms. The molecule has 20 heavy (non-hydrogen) atoms. The van der Waals surface area contributed by atoms with Gasteiger partial charge in [-0.15, -0.1) is 0 Å². The largest absolute Gasteiger partial charge is 0.323 e. The lowest BCUT2D eigenvalue weighted by atomic mass is 9.75. The molecule has 1 unspecified atom stereocenters. The molecule has 0 fully saturated rings. The number of hydrogen-bond acceptors (Lipinski definition) is 1. The third-order valence-electron chi connectivity index (χ3n) is 3.66. The molecular formula is C16H16F3N. The van der Waals surface area contributed by atoms with Crippen LogP contribution in [-0.2, 0) is 5.41 Å². The highest BCUT2D eigenvalue weighted by molar-refractivity contribution is 5.32. The number of hydrogen-bond donors (Lipinski definition) is 1. The summed E-state index contributed by atoms with van der Waals surface area (Å²) in [5.41, 5.74) is 6.54. The van der Waals surface area contributed by atoms with Gasteiger partial charge in [0, 0.05) is 23.1 Å². The van der Waals surface area contributed by atoms with Gasteiger partial charge >= 0.3 is 0 Å². The Morgan fingerprint density at radius 2 is 1.45 bits per heavy atom. The monoisotopic (exact) mass is 279 g/mol. The standard InChI is InChI=1S/C16H16F3N/c1-16(2,10-3-5-11(17)6-4-10)15(20)13-8-7-12(18)9-14(13)19/h3-9,15H,20H2,1-2H3. The third-order valence-corrected chi connectivity index (χ3v) is 3.66. The molecule has 2 aromatic carbocycles. The molecule has 0 saturated carbocycles. The molecule has 0 aliphatic heterocycles. The molecular weight excluding hydrogens is 263 g/mol. The van der Waals surface area contributed by atoms with Crippen LogP contribution in [-0.4, -0.2) is 0 Å². The van der Waals surface area contributed by atoms with Crippen LogP contribution in [0.3, 0.4) is 0 Å². The van der Waals surface area contributed by atoms with Crippen LogP contribution >= 0.6 is 0 Å². The number of halogens is 3. The fourth-order valence-corrected chi connectivity index (χ4v) is 2.20. The van der Waals surface area contributed by atoms with Gasteiger partial charge in [-0.25, -0.2) is 13.2 Å². The molecule has 106 valence electrons. The Morgan fingerprint density at radius 1 is 0.900 bits per heavy atom. The van der Waals surface area contributed by atoms with Crippen molar-refractivity contribution in [3.05, 3.63) is 71.0 Å². The van der Waals surface area contributed by atoms with Gasteiger partial charge in [-0.3, -0.25) is 0 Å². The molecule has 0 aliphatic rings. The number of rotatable bonds is 3. The van der Waals surface area contributed by atoms with Crippen LogP contribution in [0, 0.1) is 17.5 Å². The summed E-state index contributed by atoms with van der Waals surface area (Å²) >= 11 is 0. The first kappa shape index (κ1) is 14.6. The van der Waals surface area contributed by atoms with Crippen LogP contribution < -0.4 is 5.73 Å².